The van der Waals surface area contributed by atoms with Crippen molar-refractivity contribution in [1.82, 2.24) is 0 Å². The van der Waals surface area contributed by atoms with E-state index in [0.29, 0.717) is 0 Å². The summed E-state index contributed by atoms with van der Waals surface area (Å²) in [4.78, 5) is 0. The zero-order valence-corrected chi connectivity index (χ0v) is 37.3. The fourth-order valence-corrected chi connectivity index (χ4v) is 6.35. The minimum absolute atomic E-state index is 0. The second kappa shape index (κ2) is 61.0. The van der Waals surface area contributed by atoms with Gasteiger partial charge >= 0.3 is 111 Å². The zero-order chi connectivity index (χ0) is 36.7. The minimum atomic E-state index is 0. The topological polar surface area (TPSA) is 79.6 Å². The second-order valence-corrected chi connectivity index (χ2v) is 11.6. The van der Waals surface area contributed by atoms with Crippen molar-refractivity contribution < 1.29 is 60.7 Å². The van der Waals surface area contributed by atoms with Gasteiger partial charge in [0.05, 0.1) is 0 Å². The summed E-state index contributed by atoms with van der Waals surface area (Å²) in [5.41, 5.74) is 2.19. The molecule has 2 aliphatic rings. The molecule has 0 saturated heterocycles. The normalized spacial score (nSPS) is 11.4. The summed E-state index contributed by atoms with van der Waals surface area (Å²) in [6.07, 6.45) is 15.3. The smallest absolute Gasteiger partial charge is 0.214 e. The van der Waals surface area contributed by atoms with E-state index in [1.54, 1.807) is 0 Å². The van der Waals surface area contributed by atoms with Crippen LogP contribution in [0, 0.1) is 44.8 Å². The summed E-state index contributed by atoms with van der Waals surface area (Å²) in [6, 6.07) is 57.5. The van der Waals surface area contributed by atoms with Gasteiger partial charge in [-0.2, -0.15) is 157 Å². The van der Waals surface area contributed by atoms with Gasteiger partial charge in [-0.15, -0.1) is 0 Å². The molecule has 0 atom stereocenters. The van der Waals surface area contributed by atoms with Crippen molar-refractivity contribution in [3.8, 4) is 0 Å². The van der Waals surface area contributed by atoms with Gasteiger partial charge in [0.25, 0.3) is 0 Å². The average molecular weight is 981 g/mol. The molecule has 0 unspecified atom stereocenters. The van der Waals surface area contributed by atoms with Gasteiger partial charge in [-0.1, -0.05) is 64.2 Å². The van der Waals surface area contributed by atoms with Crippen LogP contribution in [-0.2, 0) is 60.7 Å². The first-order chi connectivity index (χ1) is 24.4. The van der Waals surface area contributed by atoms with Gasteiger partial charge in [-0.05, 0) is 0 Å². The van der Waals surface area contributed by atoms with Gasteiger partial charge in [0.1, 0.15) is 0 Å². The summed E-state index contributed by atoms with van der Waals surface area (Å²) in [5, 5.41) is 0. The van der Waals surface area contributed by atoms with Crippen LogP contribution in [0.1, 0.15) is 64.2 Å². The molecular weight excluding hydrogens is 934 g/mol. The minimum Gasteiger partial charge on any atom is -0.214 e. The summed E-state index contributed by atoms with van der Waals surface area (Å²) in [6.45, 7) is 18.0. The van der Waals surface area contributed by atoms with Gasteiger partial charge in [-0.3, -0.25) is 0 Å². The number of hydrogen-bond donors (Lipinski definition) is 0. The van der Waals surface area contributed by atoms with E-state index in [4.69, 9.17) is 18.6 Å². The average Bonchev–Trinajstić information content (AvgIpc) is 4.03. The molecule has 7 rings (SSSR count). The van der Waals surface area contributed by atoms with Crippen molar-refractivity contribution in [3.05, 3.63) is 196 Å². The van der Waals surface area contributed by atoms with Crippen molar-refractivity contribution in [2.24, 2.45) is 0 Å². The molecule has 0 N–H and O–H groups in total. The van der Waals surface area contributed by atoms with Gasteiger partial charge in [0.15, 0.2) is 0 Å². The van der Waals surface area contributed by atoms with Crippen molar-refractivity contribution in [3.63, 3.8) is 0 Å². The Bertz CT molecular complexity index is 1000. The molecule has 4 nitrogen and oxygen atoms in total. The summed E-state index contributed by atoms with van der Waals surface area (Å²) < 4.78 is 30.0. The van der Waals surface area contributed by atoms with Crippen LogP contribution in [0.5, 0.6) is 0 Å². The maximum atomic E-state index is 7.50. The molecule has 2 saturated carbocycles. The first-order valence-electron chi connectivity index (χ1n) is 16.0. The summed E-state index contributed by atoms with van der Waals surface area (Å²) >= 11 is 0. The van der Waals surface area contributed by atoms with E-state index in [1.807, 2.05) is 160 Å². The van der Waals surface area contributed by atoms with E-state index in [2.05, 4.69) is 44.8 Å². The monoisotopic (exact) mass is 986 g/mol. The van der Waals surface area contributed by atoms with E-state index in [1.165, 1.54) is 64.2 Å². The van der Waals surface area contributed by atoms with Gasteiger partial charge in [0.2, 0.25) is 0 Å². The molecule has 2 radical (unpaired) electrons. The molecular formula is C44H47Mo2O4PSn. The van der Waals surface area contributed by atoms with E-state index >= 15 is 0 Å². The number of hydrogen-bond acceptors (Lipinski definition) is 0. The molecule has 52 heavy (non-hydrogen) atoms. The Morgan fingerprint density at radius 2 is 0.615 bits per heavy atom. The van der Waals surface area contributed by atoms with Gasteiger partial charge in [-0.25, -0.2) is 24.3 Å². The van der Waals surface area contributed by atoms with Crippen molar-refractivity contribution in [1.29, 1.82) is 0 Å². The summed E-state index contributed by atoms with van der Waals surface area (Å²) in [7, 11) is 1.84. The van der Waals surface area contributed by atoms with Gasteiger partial charge < -0.3 is 8.58 Å². The molecule has 268 valence electrons. The molecule has 2 aliphatic carbocycles. The fourth-order valence-electron chi connectivity index (χ4n) is 4.43. The molecule has 0 spiro atoms. The largest absolute Gasteiger partial charge is 2.00 e. The molecule has 2 fully saturated rings. The Morgan fingerprint density at radius 3 is 0.750 bits per heavy atom. The maximum Gasteiger partial charge on any atom is 2.00 e. The Kier molecular flexibility index (Phi) is 72.6. The molecule has 0 amide bonds. The standard InChI is InChI=1S/C12H22P.3C6H5.2C5H5.4CO.2Mo.Sn/c1-3-7-11(8-4-1)13-12-9-5-2-6-10-12;3*1-2-4-6-5-3-1;2*1-2-4-5-3-1;4*1-2;;;/h11-12H,1-10H2;3*1-5H;2*1-5H;;;;;;;/q6*-1;;;;;3*+2. The fraction of sp³-hybridized carbons (Fsp3) is 0.273. The van der Waals surface area contributed by atoms with Crippen LogP contribution in [0.3, 0.4) is 0 Å². The molecule has 0 aromatic heterocycles. The first kappa shape index (κ1) is 61.9. The van der Waals surface area contributed by atoms with E-state index < -0.39 is 0 Å². The van der Waals surface area contributed by atoms with Crippen molar-refractivity contribution in [2.75, 3.05) is 0 Å². The Balaban J connectivity index is -0.000000120. The zero-order valence-electron chi connectivity index (χ0n) is 29.6. The van der Waals surface area contributed by atoms with Crippen molar-refractivity contribution in [2.45, 2.75) is 75.5 Å². The maximum absolute atomic E-state index is 7.50. The number of benzene rings is 3. The second-order valence-electron chi connectivity index (χ2n) is 9.89. The van der Waals surface area contributed by atoms with E-state index in [-0.39, 0.29) is 66.0 Å². The van der Waals surface area contributed by atoms with E-state index in [0.717, 1.165) is 11.3 Å². The molecule has 0 aliphatic heterocycles. The predicted molar refractivity (Wildman–Crippen MR) is 202 cm³/mol. The molecule has 0 bridgehead atoms. The summed E-state index contributed by atoms with van der Waals surface area (Å²) in [5.74, 6) is 0. The Labute approximate surface area is 362 Å². The quantitative estimate of drug-likeness (QED) is 0.0731. The van der Waals surface area contributed by atoms with Gasteiger partial charge in [0, 0.05) is 0 Å². The van der Waals surface area contributed by atoms with Crippen LogP contribution >= 0.6 is 8.58 Å². The van der Waals surface area contributed by atoms with Crippen molar-refractivity contribution >= 4 is 32.5 Å². The van der Waals surface area contributed by atoms with Crippen LogP contribution in [0.2, 0.25) is 0 Å². The SMILES string of the molecule is C1CCC([P-]C2CCCCC2)CC1.[C-]#[O+].[C-]#[O+].[C-]#[O+].[C-]#[O+].[Mo+2].[Mo+2].[Sn+2].[c-]1ccccc1.[c-]1ccccc1.[c-]1ccccc1.c1cc[cH-]c1.c1cc[cH-]c1. The molecule has 0 heterocycles. The van der Waals surface area contributed by atoms with Crippen LogP contribution in [0.25, 0.3) is 0 Å². The Morgan fingerprint density at radius 1 is 0.385 bits per heavy atom. The third-order valence-electron chi connectivity index (χ3n) is 6.50. The number of rotatable bonds is 2. The predicted octanol–water partition coefficient (Wildman–Crippen LogP) is 11.3. The van der Waals surface area contributed by atoms with Crippen LogP contribution < -0.4 is 0 Å². The van der Waals surface area contributed by atoms with Crippen LogP contribution in [0.15, 0.2) is 152 Å². The Hall–Kier alpha value is -2.07. The first-order valence-corrected chi connectivity index (χ1v) is 17.1. The third-order valence-corrected chi connectivity index (χ3v) is 8.38. The molecule has 5 aromatic carbocycles. The van der Waals surface area contributed by atoms with Crippen LogP contribution in [-0.4, -0.2) is 35.2 Å². The molecule has 8 heteroatoms. The third kappa shape index (κ3) is 50.0. The molecule has 5 aromatic rings. The van der Waals surface area contributed by atoms with Crippen LogP contribution in [0.4, 0.5) is 0 Å². The van der Waals surface area contributed by atoms with E-state index in [9.17, 15) is 0 Å².